The second-order valence-corrected chi connectivity index (χ2v) is 8.99. The van der Waals surface area contributed by atoms with E-state index >= 15 is 0 Å². The molecule has 0 unspecified atom stereocenters. The van der Waals surface area contributed by atoms with E-state index in [0.29, 0.717) is 18.7 Å². The number of sulfonamides is 1. The van der Waals surface area contributed by atoms with E-state index in [1.807, 2.05) is 0 Å². The quantitative estimate of drug-likeness (QED) is 0.638. The van der Waals surface area contributed by atoms with Crippen molar-refractivity contribution in [1.82, 2.24) is 14.5 Å². The molecule has 10 heteroatoms. The van der Waals surface area contributed by atoms with Gasteiger partial charge in [-0.1, -0.05) is 12.5 Å². The van der Waals surface area contributed by atoms with Gasteiger partial charge in [0.25, 0.3) is 5.91 Å². The largest absolute Gasteiger partial charge is 0.452 e. The molecule has 1 aliphatic rings. The number of benzene rings is 1. The Balaban J connectivity index is 2.04. The number of carbonyl (C=O) groups excluding carboxylic acids is 3. The van der Waals surface area contributed by atoms with Crippen molar-refractivity contribution in [3.05, 3.63) is 29.3 Å². The summed E-state index contributed by atoms with van der Waals surface area (Å²) < 4.78 is 32.2. The summed E-state index contributed by atoms with van der Waals surface area (Å²) in [5, 5.41) is 2.35. The standard InChI is InChI=1S/C19H27N3O6S/c1-14-7-8-15(11-16(14)29(26,27)22-9-5-4-6-10-22)19(25)28-13-17(23)20-12-18(24)21(2)3/h7-8,11H,4-6,9-10,12-13H2,1-3H3,(H,20,23). The average molecular weight is 426 g/mol. The normalized spacial score (nSPS) is 14.9. The Kier molecular flexibility index (Phi) is 7.74. The maximum absolute atomic E-state index is 12.9. The number of esters is 1. The highest BCUT2D eigenvalue weighted by Crippen LogP contribution is 2.24. The van der Waals surface area contributed by atoms with Crippen molar-refractivity contribution in [2.45, 2.75) is 31.1 Å². The van der Waals surface area contributed by atoms with Crippen LogP contribution in [-0.4, -0.2) is 75.7 Å². The number of amides is 2. The summed E-state index contributed by atoms with van der Waals surface area (Å²) >= 11 is 0. The molecular formula is C19H27N3O6S. The average Bonchev–Trinajstić information content (AvgIpc) is 2.70. The third-order valence-corrected chi connectivity index (χ3v) is 6.67. The van der Waals surface area contributed by atoms with Crippen molar-refractivity contribution >= 4 is 27.8 Å². The minimum atomic E-state index is -3.70. The molecule has 160 valence electrons. The Labute approximate surface area is 171 Å². The van der Waals surface area contributed by atoms with Crippen LogP contribution in [0.5, 0.6) is 0 Å². The number of hydrogen-bond acceptors (Lipinski definition) is 6. The molecule has 9 nitrogen and oxygen atoms in total. The van der Waals surface area contributed by atoms with Crippen molar-refractivity contribution < 1.29 is 27.5 Å². The predicted molar refractivity (Wildman–Crippen MR) is 106 cm³/mol. The van der Waals surface area contributed by atoms with E-state index in [1.54, 1.807) is 27.1 Å². The van der Waals surface area contributed by atoms with Crippen molar-refractivity contribution in [3.63, 3.8) is 0 Å². The number of likely N-dealkylation sites (N-methyl/N-ethyl adjacent to an activating group) is 1. The van der Waals surface area contributed by atoms with Gasteiger partial charge >= 0.3 is 5.97 Å². The summed E-state index contributed by atoms with van der Waals surface area (Å²) in [4.78, 5) is 36.8. The van der Waals surface area contributed by atoms with Gasteiger partial charge in [0.15, 0.2) is 6.61 Å². The first-order valence-corrected chi connectivity index (χ1v) is 10.8. The zero-order valence-electron chi connectivity index (χ0n) is 16.9. The van der Waals surface area contributed by atoms with Gasteiger partial charge < -0.3 is 15.0 Å². The molecule has 1 saturated heterocycles. The maximum atomic E-state index is 12.9. The molecular weight excluding hydrogens is 398 g/mol. The van der Waals surface area contributed by atoms with Gasteiger partial charge in [0.05, 0.1) is 17.0 Å². The number of nitrogens with zero attached hydrogens (tertiary/aromatic N) is 2. The lowest BCUT2D eigenvalue weighted by atomic mass is 10.1. The second-order valence-electron chi connectivity index (χ2n) is 7.09. The van der Waals surface area contributed by atoms with Gasteiger partial charge in [0.1, 0.15) is 0 Å². The van der Waals surface area contributed by atoms with E-state index in [0.717, 1.165) is 19.3 Å². The monoisotopic (exact) mass is 425 g/mol. The van der Waals surface area contributed by atoms with Crippen LogP contribution in [0.25, 0.3) is 0 Å². The van der Waals surface area contributed by atoms with Crippen LogP contribution < -0.4 is 5.32 Å². The number of hydrogen-bond donors (Lipinski definition) is 1. The molecule has 29 heavy (non-hydrogen) atoms. The van der Waals surface area contributed by atoms with Crippen LogP contribution in [0.15, 0.2) is 23.1 Å². The van der Waals surface area contributed by atoms with E-state index in [-0.39, 0.29) is 22.9 Å². The number of carbonyl (C=O) groups is 3. The van der Waals surface area contributed by atoms with Crippen LogP contribution in [0, 0.1) is 6.92 Å². The molecule has 1 aliphatic heterocycles. The fourth-order valence-corrected chi connectivity index (χ4v) is 4.61. The fourth-order valence-electron chi connectivity index (χ4n) is 2.85. The fraction of sp³-hybridized carbons (Fsp3) is 0.526. The summed E-state index contributed by atoms with van der Waals surface area (Å²) in [7, 11) is -0.588. The summed E-state index contributed by atoms with van der Waals surface area (Å²) in [5.41, 5.74) is 0.579. The predicted octanol–water partition coefficient (Wildman–Crippen LogP) is 0.531. The Bertz CT molecular complexity index is 876. The minimum Gasteiger partial charge on any atom is -0.452 e. The molecule has 1 N–H and O–H groups in total. The lowest BCUT2D eigenvalue weighted by Crippen LogP contribution is -2.38. The third-order valence-electron chi connectivity index (χ3n) is 4.63. The molecule has 0 saturated carbocycles. The van der Waals surface area contributed by atoms with Crippen LogP contribution in [0.3, 0.4) is 0 Å². The zero-order valence-corrected chi connectivity index (χ0v) is 17.8. The summed E-state index contributed by atoms with van der Waals surface area (Å²) in [6.45, 7) is 1.82. The Morgan fingerprint density at radius 3 is 2.41 bits per heavy atom. The van der Waals surface area contributed by atoms with E-state index in [1.165, 1.54) is 21.3 Å². The van der Waals surface area contributed by atoms with Gasteiger partial charge in [0.2, 0.25) is 15.9 Å². The van der Waals surface area contributed by atoms with Crippen LogP contribution in [0.1, 0.15) is 35.2 Å². The van der Waals surface area contributed by atoms with Gasteiger partial charge in [0, 0.05) is 27.2 Å². The number of rotatable bonds is 7. The van der Waals surface area contributed by atoms with Crippen LogP contribution in [-0.2, 0) is 24.3 Å². The van der Waals surface area contributed by atoms with Gasteiger partial charge in [-0.2, -0.15) is 4.31 Å². The number of ether oxygens (including phenoxy) is 1. The molecule has 1 aromatic rings. The Hall–Kier alpha value is -2.46. The van der Waals surface area contributed by atoms with Gasteiger partial charge in [-0.25, -0.2) is 13.2 Å². The molecule has 2 rings (SSSR count). The highest BCUT2D eigenvalue weighted by Gasteiger charge is 2.28. The third kappa shape index (κ3) is 6.01. The van der Waals surface area contributed by atoms with Gasteiger partial charge in [-0.3, -0.25) is 9.59 Å². The summed E-state index contributed by atoms with van der Waals surface area (Å²) in [6.07, 6.45) is 2.62. The first-order chi connectivity index (χ1) is 13.6. The molecule has 0 radical (unpaired) electrons. The first kappa shape index (κ1) is 22.8. The molecule has 1 heterocycles. The van der Waals surface area contributed by atoms with Crippen molar-refractivity contribution in [3.8, 4) is 0 Å². The highest BCUT2D eigenvalue weighted by atomic mass is 32.2. The van der Waals surface area contributed by atoms with Gasteiger partial charge in [-0.05, 0) is 37.5 Å². The number of nitrogens with one attached hydrogen (secondary N) is 1. The molecule has 0 aromatic heterocycles. The molecule has 0 bridgehead atoms. The Morgan fingerprint density at radius 2 is 1.79 bits per heavy atom. The molecule has 0 spiro atoms. The Morgan fingerprint density at radius 1 is 1.14 bits per heavy atom. The SMILES string of the molecule is Cc1ccc(C(=O)OCC(=O)NCC(=O)N(C)C)cc1S(=O)(=O)N1CCCCC1. The zero-order chi connectivity index (χ0) is 21.6. The molecule has 1 fully saturated rings. The van der Waals surface area contributed by atoms with Crippen LogP contribution in [0.2, 0.25) is 0 Å². The van der Waals surface area contributed by atoms with Crippen LogP contribution in [0.4, 0.5) is 0 Å². The summed E-state index contributed by atoms with van der Waals surface area (Å²) in [6, 6.07) is 4.29. The van der Waals surface area contributed by atoms with Crippen molar-refractivity contribution in [1.29, 1.82) is 0 Å². The first-order valence-electron chi connectivity index (χ1n) is 9.37. The lowest BCUT2D eigenvalue weighted by molar-refractivity contribution is -0.131. The number of aryl methyl sites for hydroxylation is 1. The van der Waals surface area contributed by atoms with Crippen molar-refractivity contribution in [2.24, 2.45) is 0 Å². The minimum absolute atomic E-state index is 0.0448. The summed E-state index contributed by atoms with van der Waals surface area (Å²) in [5.74, 6) is -1.73. The molecule has 1 aromatic carbocycles. The van der Waals surface area contributed by atoms with Gasteiger partial charge in [-0.15, -0.1) is 0 Å². The van der Waals surface area contributed by atoms with Crippen molar-refractivity contribution in [2.75, 3.05) is 40.3 Å². The van der Waals surface area contributed by atoms with E-state index < -0.39 is 28.5 Å². The topological polar surface area (TPSA) is 113 Å². The van der Waals surface area contributed by atoms with E-state index in [2.05, 4.69) is 5.32 Å². The smallest absolute Gasteiger partial charge is 0.338 e. The van der Waals surface area contributed by atoms with E-state index in [4.69, 9.17) is 4.74 Å². The number of piperidine rings is 1. The highest BCUT2D eigenvalue weighted by molar-refractivity contribution is 7.89. The maximum Gasteiger partial charge on any atom is 0.338 e. The molecule has 0 atom stereocenters. The van der Waals surface area contributed by atoms with E-state index in [9.17, 15) is 22.8 Å². The molecule has 0 aliphatic carbocycles. The lowest BCUT2D eigenvalue weighted by Gasteiger charge is -2.26. The second kappa shape index (κ2) is 9.84. The molecule has 2 amide bonds. The van der Waals surface area contributed by atoms with Crippen LogP contribution >= 0.6 is 0 Å².